The number of aryl methyl sites for hydroxylation is 1. The monoisotopic (exact) mass is 456 g/mol. The lowest BCUT2D eigenvalue weighted by molar-refractivity contribution is -0.155. The molecule has 0 atom stereocenters. The maximum atomic E-state index is 13.3. The van der Waals surface area contributed by atoms with E-state index in [9.17, 15) is 9.59 Å². The van der Waals surface area contributed by atoms with Gasteiger partial charge in [-0.05, 0) is 55.0 Å². The Morgan fingerprint density at radius 3 is 2.47 bits per heavy atom. The van der Waals surface area contributed by atoms with Crippen LogP contribution in [0.5, 0.6) is 0 Å². The first-order valence-corrected chi connectivity index (χ1v) is 11.4. The Bertz CT molecular complexity index is 1220. The topological polar surface area (TPSA) is 88.2 Å². The van der Waals surface area contributed by atoms with Gasteiger partial charge < -0.3 is 14.2 Å². The number of hydrogen-bond donors (Lipinski definition) is 0. The first-order valence-electron chi connectivity index (χ1n) is 11.4. The third-order valence-corrected chi connectivity index (χ3v) is 6.78. The molecular formula is C27H28N4O3. The molecule has 2 heterocycles. The van der Waals surface area contributed by atoms with E-state index in [-0.39, 0.29) is 11.9 Å². The van der Waals surface area contributed by atoms with Crippen molar-refractivity contribution in [3.8, 4) is 6.07 Å². The average Bonchev–Trinajstić information content (AvgIpc) is 3.33. The molecule has 0 N–H and O–H groups in total. The molecule has 7 heteroatoms. The molecule has 0 bridgehead atoms. The first-order chi connectivity index (χ1) is 16.5. The number of carbonyl (C=O) groups is 2. The van der Waals surface area contributed by atoms with Crippen molar-refractivity contribution in [2.45, 2.75) is 32.7 Å². The lowest BCUT2D eigenvalue weighted by Crippen LogP contribution is -2.48. The summed E-state index contributed by atoms with van der Waals surface area (Å²) in [4.78, 5) is 32.2. The predicted octanol–water partition coefficient (Wildman–Crippen LogP) is 3.75. The highest BCUT2D eigenvalue weighted by Crippen LogP contribution is 2.37. The SMILES string of the molecule is COC(=O)C1(Cc2ccccc2C)CCN(C(=O)c2cncn2Cc2ccc(C#N)cc2)CC1. The Balaban J connectivity index is 1.47. The average molecular weight is 457 g/mol. The third-order valence-electron chi connectivity index (χ3n) is 6.78. The molecule has 1 aliphatic heterocycles. The summed E-state index contributed by atoms with van der Waals surface area (Å²) in [5.74, 6) is -0.311. The highest BCUT2D eigenvalue weighted by atomic mass is 16.5. The van der Waals surface area contributed by atoms with Gasteiger partial charge in [0.15, 0.2) is 0 Å². The fourth-order valence-electron chi connectivity index (χ4n) is 4.65. The van der Waals surface area contributed by atoms with Crippen LogP contribution in [0, 0.1) is 23.7 Å². The van der Waals surface area contributed by atoms with Crippen molar-refractivity contribution in [3.63, 3.8) is 0 Å². The quantitative estimate of drug-likeness (QED) is 0.527. The second kappa shape index (κ2) is 9.92. The molecule has 0 aliphatic carbocycles. The van der Waals surface area contributed by atoms with Crippen LogP contribution in [0.2, 0.25) is 0 Å². The number of nitrogens with zero attached hydrogens (tertiary/aromatic N) is 4. The normalized spacial score (nSPS) is 14.9. The van der Waals surface area contributed by atoms with Crippen LogP contribution in [0.4, 0.5) is 0 Å². The first kappa shape index (κ1) is 23.2. The lowest BCUT2D eigenvalue weighted by atomic mass is 9.73. The van der Waals surface area contributed by atoms with Crippen molar-refractivity contribution in [2.75, 3.05) is 20.2 Å². The highest BCUT2D eigenvalue weighted by molar-refractivity contribution is 5.92. The molecule has 0 saturated carbocycles. The highest BCUT2D eigenvalue weighted by Gasteiger charge is 2.43. The molecule has 0 unspecified atom stereocenters. The van der Waals surface area contributed by atoms with Gasteiger partial charge in [0.1, 0.15) is 5.69 Å². The van der Waals surface area contributed by atoms with E-state index in [1.165, 1.54) is 7.11 Å². The Labute approximate surface area is 199 Å². The smallest absolute Gasteiger partial charge is 0.312 e. The zero-order valence-corrected chi connectivity index (χ0v) is 19.5. The fourth-order valence-corrected chi connectivity index (χ4v) is 4.65. The van der Waals surface area contributed by atoms with Crippen molar-refractivity contribution in [1.82, 2.24) is 14.5 Å². The molecular weight excluding hydrogens is 428 g/mol. The maximum absolute atomic E-state index is 13.3. The lowest BCUT2D eigenvalue weighted by Gasteiger charge is -2.40. The number of hydrogen-bond acceptors (Lipinski definition) is 5. The molecule has 0 spiro atoms. The summed E-state index contributed by atoms with van der Waals surface area (Å²) in [6.07, 6.45) is 4.92. The number of ether oxygens (including phenoxy) is 1. The minimum atomic E-state index is -0.639. The van der Waals surface area contributed by atoms with Crippen molar-refractivity contribution in [3.05, 3.63) is 89.0 Å². The van der Waals surface area contributed by atoms with Gasteiger partial charge in [-0.15, -0.1) is 0 Å². The van der Waals surface area contributed by atoms with E-state index >= 15 is 0 Å². The van der Waals surface area contributed by atoms with Crippen molar-refractivity contribution >= 4 is 11.9 Å². The Kier molecular flexibility index (Phi) is 6.78. The van der Waals surface area contributed by atoms with Crippen LogP contribution < -0.4 is 0 Å². The van der Waals surface area contributed by atoms with Crippen LogP contribution in [0.25, 0.3) is 0 Å². The van der Waals surface area contributed by atoms with E-state index < -0.39 is 5.41 Å². The number of likely N-dealkylation sites (tertiary alicyclic amines) is 1. The largest absolute Gasteiger partial charge is 0.469 e. The molecule has 1 aliphatic rings. The summed E-state index contributed by atoms with van der Waals surface area (Å²) in [7, 11) is 1.43. The molecule has 1 aromatic heterocycles. The summed E-state index contributed by atoms with van der Waals surface area (Å²) in [6, 6.07) is 17.5. The molecule has 1 saturated heterocycles. The van der Waals surface area contributed by atoms with E-state index in [1.807, 2.05) is 41.8 Å². The summed E-state index contributed by atoms with van der Waals surface area (Å²) in [5.41, 5.74) is 3.73. The zero-order chi connectivity index (χ0) is 24.1. The number of nitriles is 1. The predicted molar refractivity (Wildman–Crippen MR) is 127 cm³/mol. The van der Waals surface area contributed by atoms with Gasteiger partial charge in [-0.1, -0.05) is 36.4 Å². The minimum Gasteiger partial charge on any atom is -0.469 e. The Morgan fingerprint density at radius 1 is 1.12 bits per heavy atom. The van der Waals surface area contributed by atoms with Gasteiger partial charge in [-0.25, -0.2) is 4.98 Å². The van der Waals surface area contributed by atoms with E-state index in [2.05, 4.69) is 17.1 Å². The Morgan fingerprint density at radius 2 is 1.82 bits per heavy atom. The number of rotatable bonds is 6. The van der Waals surface area contributed by atoms with Gasteiger partial charge in [0.25, 0.3) is 5.91 Å². The van der Waals surface area contributed by atoms with Crippen molar-refractivity contribution in [1.29, 1.82) is 5.26 Å². The number of imidazole rings is 1. The van der Waals surface area contributed by atoms with Crippen LogP contribution in [0.1, 0.15) is 45.6 Å². The van der Waals surface area contributed by atoms with Crippen LogP contribution in [0.15, 0.2) is 61.1 Å². The van der Waals surface area contributed by atoms with Crippen molar-refractivity contribution < 1.29 is 14.3 Å². The zero-order valence-electron chi connectivity index (χ0n) is 19.5. The summed E-state index contributed by atoms with van der Waals surface area (Å²) in [6.45, 7) is 3.48. The van der Waals surface area contributed by atoms with Gasteiger partial charge in [-0.2, -0.15) is 5.26 Å². The summed E-state index contributed by atoms with van der Waals surface area (Å²) < 4.78 is 7.02. The second-order valence-corrected chi connectivity index (χ2v) is 8.88. The number of methoxy groups -OCH3 is 1. The van der Waals surface area contributed by atoms with Crippen LogP contribution in [-0.2, 0) is 22.5 Å². The van der Waals surface area contributed by atoms with E-state index in [0.717, 1.165) is 16.7 Å². The van der Waals surface area contributed by atoms with E-state index in [1.54, 1.807) is 29.6 Å². The van der Waals surface area contributed by atoms with E-state index in [4.69, 9.17) is 10.00 Å². The molecule has 4 rings (SSSR count). The van der Waals surface area contributed by atoms with Crippen LogP contribution in [-0.4, -0.2) is 46.5 Å². The van der Waals surface area contributed by atoms with Gasteiger partial charge in [0, 0.05) is 19.6 Å². The Hall–Kier alpha value is -3.92. The van der Waals surface area contributed by atoms with Gasteiger partial charge in [-0.3, -0.25) is 9.59 Å². The molecule has 34 heavy (non-hydrogen) atoms. The van der Waals surface area contributed by atoms with Gasteiger partial charge >= 0.3 is 5.97 Å². The number of esters is 1. The molecule has 7 nitrogen and oxygen atoms in total. The number of piperidine rings is 1. The van der Waals surface area contributed by atoms with Gasteiger partial charge in [0.05, 0.1) is 36.7 Å². The number of benzene rings is 2. The second-order valence-electron chi connectivity index (χ2n) is 8.88. The van der Waals surface area contributed by atoms with Crippen LogP contribution >= 0.6 is 0 Å². The number of carbonyl (C=O) groups excluding carboxylic acids is 2. The third kappa shape index (κ3) is 4.72. The molecule has 1 amide bonds. The molecule has 0 radical (unpaired) electrons. The number of aromatic nitrogens is 2. The number of amides is 1. The molecule has 174 valence electrons. The summed E-state index contributed by atoms with van der Waals surface area (Å²) >= 11 is 0. The maximum Gasteiger partial charge on any atom is 0.312 e. The van der Waals surface area contributed by atoms with Crippen LogP contribution in [0.3, 0.4) is 0 Å². The van der Waals surface area contributed by atoms with Gasteiger partial charge in [0.2, 0.25) is 0 Å². The molecule has 1 fully saturated rings. The minimum absolute atomic E-state index is 0.0968. The van der Waals surface area contributed by atoms with Crippen molar-refractivity contribution in [2.24, 2.45) is 5.41 Å². The molecule has 3 aromatic rings. The summed E-state index contributed by atoms with van der Waals surface area (Å²) in [5, 5.41) is 8.99. The van der Waals surface area contributed by atoms with E-state index in [0.29, 0.717) is 50.2 Å². The fraction of sp³-hybridized carbons (Fsp3) is 0.333. The standard InChI is InChI=1S/C27H28N4O3/c1-20-5-3-4-6-23(20)15-27(26(33)34-2)11-13-30(14-12-27)25(32)24-17-29-19-31(24)18-22-9-7-21(16-28)8-10-22/h3-10,17,19H,11-15,18H2,1-2H3. The molecule has 2 aromatic carbocycles.